The van der Waals surface area contributed by atoms with Gasteiger partial charge in [-0.3, -0.25) is 4.79 Å². The molecule has 1 aliphatic rings. The summed E-state index contributed by atoms with van der Waals surface area (Å²) in [6.45, 7) is 0. The van der Waals surface area contributed by atoms with E-state index in [-0.39, 0.29) is 28.9 Å². The maximum absolute atomic E-state index is 12.4. The van der Waals surface area contributed by atoms with Crippen LogP contribution in [0.15, 0.2) is 17.0 Å². The first-order valence-corrected chi connectivity index (χ1v) is 7.84. The molecule has 21 heavy (non-hydrogen) atoms. The van der Waals surface area contributed by atoms with Crippen molar-refractivity contribution in [3.63, 3.8) is 0 Å². The Morgan fingerprint density at radius 3 is 2.48 bits per heavy atom. The fourth-order valence-corrected chi connectivity index (χ4v) is 3.48. The van der Waals surface area contributed by atoms with Crippen LogP contribution in [0.5, 0.6) is 11.5 Å². The smallest absolute Gasteiger partial charge is 0.307 e. The maximum atomic E-state index is 12.4. The highest BCUT2D eigenvalue weighted by atomic mass is 32.2. The number of sulfonamides is 1. The molecule has 0 atom stereocenters. The third kappa shape index (κ3) is 3.64. The number of rotatable bonds is 7. The molecule has 0 bridgehead atoms. The average Bonchev–Trinajstić information content (AvgIpc) is 3.20. The van der Waals surface area contributed by atoms with Gasteiger partial charge in [-0.25, -0.2) is 13.1 Å². The molecule has 0 saturated heterocycles. The van der Waals surface area contributed by atoms with Gasteiger partial charge in [-0.2, -0.15) is 0 Å². The van der Waals surface area contributed by atoms with Crippen molar-refractivity contribution >= 4 is 16.0 Å². The van der Waals surface area contributed by atoms with E-state index in [0.717, 1.165) is 12.8 Å². The van der Waals surface area contributed by atoms with Gasteiger partial charge >= 0.3 is 5.97 Å². The summed E-state index contributed by atoms with van der Waals surface area (Å²) in [5, 5.41) is 8.87. The Bertz CT molecular complexity index is 651. The number of carboxylic acids is 1. The molecule has 0 heterocycles. The molecule has 0 spiro atoms. The Kier molecular flexibility index (Phi) is 4.38. The maximum Gasteiger partial charge on any atom is 0.307 e. The van der Waals surface area contributed by atoms with Crippen LogP contribution in [0.3, 0.4) is 0 Å². The fraction of sp³-hybridized carbons (Fsp3) is 0.462. The Hall–Kier alpha value is -1.80. The Labute approximate surface area is 122 Å². The number of methoxy groups -OCH3 is 2. The van der Waals surface area contributed by atoms with E-state index in [1.807, 2.05) is 0 Å². The second-order valence-corrected chi connectivity index (χ2v) is 6.48. The van der Waals surface area contributed by atoms with Gasteiger partial charge in [-0.15, -0.1) is 0 Å². The van der Waals surface area contributed by atoms with Crippen LogP contribution in [0.25, 0.3) is 0 Å². The van der Waals surface area contributed by atoms with Gasteiger partial charge in [-0.05, 0) is 30.5 Å². The van der Waals surface area contributed by atoms with Crippen molar-refractivity contribution in [2.24, 2.45) is 0 Å². The summed E-state index contributed by atoms with van der Waals surface area (Å²) < 4.78 is 37.5. The highest BCUT2D eigenvalue weighted by Crippen LogP contribution is 2.36. The summed E-state index contributed by atoms with van der Waals surface area (Å²) in [4.78, 5) is 10.7. The number of ether oxygens (including phenoxy) is 2. The Morgan fingerprint density at radius 1 is 1.33 bits per heavy atom. The number of nitrogens with one attached hydrogen (secondary N) is 1. The van der Waals surface area contributed by atoms with E-state index in [1.54, 1.807) is 0 Å². The molecule has 1 aromatic rings. The van der Waals surface area contributed by atoms with E-state index in [4.69, 9.17) is 14.6 Å². The first-order valence-electron chi connectivity index (χ1n) is 6.36. The van der Waals surface area contributed by atoms with Crippen molar-refractivity contribution < 1.29 is 27.8 Å². The SMILES string of the molecule is COc1cc(CC(=O)O)cc(S(=O)(=O)NC2CC2)c1OC. The molecule has 7 nitrogen and oxygen atoms in total. The number of carbonyl (C=O) groups is 1. The first-order chi connectivity index (χ1) is 9.87. The fourth-order valence-electron chi connectivity index (χ4n) is 1.94. The Morgan fingerprint density at radius 2 is 2.00 bits per heavy atom. The zero-order chi connectivity index (χ0) is 15.6. The van der Waals surface area contributed by atoms with E-state index >= 15 is 0 Å². The highest BCUT2D eigenvalue weighted by molar-refractivity contribution is 7.89. The largest absolute Gasteiger partial charge is 0.493 e. The number of carboxylic acid groups (broad SMARTS) is 1. The molecule has 1 aromatic carbocycles. The molecule has 116 valence electrons. The molecule has 0 aromatic heterocycles. The standard InChI is InChI=1S/C13H17NO6S/c1-19-10-5-8(7-12(15)16)6-11(13(10)20-2)21(17,18)14-9-3-4-9/h5-6,9,14H,3-4,7H2,1-2H3,(H,15,16). The molecule has 2 rings (SSSR count). The second kappa shape index (κ2) is 5.90. The van der Waals surface area contributed by atoms with Gasteiger partial charge in [0.2, 0.25) is 10.0 Å². The lowest BCUT2D eigenvalue weighted by Gasteiger charge is -2.15. The van der Waals surface area contributed by atoms with E-state index in [9.17, 15) is 13.2 Å². The van der Waals surface area contributed by atoms with Crippen LogP contribution in [0.2, 0.25) is 0 Å². The van der Waals surface area contributed by atoms with Crippen molar-refractivity contribution in [1.82, 2.24) is 4.72 Å². The van der Waals surface area contributed by atoms with Gasteiger partial charge in [0, 0.05) is 6.04 Å². The minimum Gasteiger partial charge on any atom is -0.493 e. The number of benzene rings is 1. The van der Waals surface area contributed by atoms with Gasteiger partial charge in [0.15, 0.2) is 11.5 Å². The van der Waals surface area contributed by atoms with Gasteiger partial charge in [0.1, 0.15) is 4.90 Å². The molecule has 0 aliphatic heterocycles. The third-order valence-electron chi connectivity index (χ3n) is 3.05. The molecule has 0 radical (unpaired) electrons. The van der Waals surface area contributed by atoms with E-state index in [1.165, 1.54) is 26.4 Å². The molecule has 1 aliphatic carbocycles. The topological polar surface area (TPSA) is 102 Å². The molecule has 8 heteroatoms. The summed E-state index contributed by atoms with van der Waals surface area (Å²) >= 11 is 0. The van der Waals surface area contributed by atoms with Crippen molar-refractivity contribution in [1.29, 1.82) is 0 Å². The van der Waals surface area contributed by atoms with Gasteiger partial charge in [0.25, 0.3) is 0 Å². The van der Waals surface area contributed by atoms with Crippen molar-refractivity contribution in [3.05, 3.63) is 17.7 Å². The summed E-state index contributed by atoms with van der Waals surface area (Å²) in [6, 6.07) is 2.71. The summed E-state index contributed by atoms with van der Waals surface area (Å²) in [6.07, 6.45) is 1.30. The van der Waals surface area contributed by atoms with Crippen LogP contribution >= 0.6 is 0 Å². The van der Waals surface area contributed by atoms with E-state index in [0.29, 0.717) is 5.56 Å². The normalized spacial score (nSPS) is 14.8. The molecule has 1 saturated carbocycles. The predicted octanol–water partition coefficient (Wildman–Crippen LogP) is 0.772. The van der Waals surface area contributed by atoms with Gasteiger partial charge in [-0.1, -0.05) is 0 Å². The van der Waals surface area contributed by atoms with Crippen LogP contribution in [0.4, 0.5) is 0 Å². The van der Waals surface area contributed by atoms with Gasteiger partial charge in [0.05, 0.1) is 20.6 Å². The van der Waals surface area contributed by atoms with Crippen LogP contribution in [-0.2, 0) is 21.2 Å². The number of hydrogen-bond donors (Lipinski definition) is 2. The highest BCUT2D eigenvalue weighted by Gasteiger charge is 2.31. The van der Waals surface area contributed by atoms with Gasteiger partial charge < -0.3 is 14.6 Å². The number of hydrogen-bond acceptors (Lipinski definition) is 5. The minimum absolute atomic E-state index is 0.0613. The second-order valence-electron chi connectivity index (χ2n) is 4.80. The summed E-state index contributed by atoms with van der Waals surface area (Å²) in [5.41, 5.74) is 0.330. The van der Waals surface area contributed by atoms with Crippen molar-refractivity contribution in [2.75, 3.05) is 14.2 Å². The lowest BCUT2D eigenvalue weighted by molar-refractivity contribution is -0.136. The van der Waals surface area contributed by atoms with E-state index < -0.39 is 16.0 Å². The average molecular weight is 315 g/mol. The molecule has 0 amide bonds. The van der Waals surface area contributed by atoms with Crippen molar-refractivity contribution in [3.8, 4) is 11.5 Å². The molecule has 2 N–H and O–H groups in total. The summed E-state index contributed by atoms with van der Waals surface area (Å²) in [7, 11) is -1.07. The molecule has 1 fully saturated rings. The van der Waals surface area contributed by atoms with Crippen LogP contribution in [-0.4, -0.2) is 39.8 Å². The molecule has 0 unspecified atom stereocenters. The van der Waals surface area contributed by atoms with Crippen LogP contribution < -0.4 is 14.2 Å². The minimum atomic E-state index is -3.78. The quantitative estimate of drug-likeness (QED) is 0.770. The van der Waals surface area contributed by atoms with Crippen LogP contribution in [0, 0.1) is 0 Å². The Balaban J connectivity index is 2.51. The summed E-state index contributed by atoms with van der Waals surface area (Å²) in [5.74, 6) is -0.798. The molecular weight excluding hydrogens is 298 g/mol. The number of aliphatic carboxylic acids is 1. The lowest BCUT2D eigenvalue weighted by Crippen LogP contribution is -2.26. The van der Waals surface area contributed by atoms with E-state index in [2.05, 4.69) is 4.72 Å². The lowest BCUT2D eigenvalue weighted by atomic mass is 10.1. The first kappa shape index (κ1) is 15.6. The predicted molar refractivity (Wildman–Crippen MR) is 74.2 cm³/mol. The van der Waals surface area contributed by atoms with Crippen molar-refractivity contribution in [2.45, 2.75) is 30.2 Å². The monoisotopic (exact) mass is 315 g/mol. The zero-order valence-corrected chi connectivity index (χ0v) is 12.6. The zero-order valence-electron chi connectivity index (χ0n) is 11.8. The third-order valence-corrected chi connectivity index (χ3v) is 4.57. The van der Waals surface area contributed by atoms with Crippen LogP contribution in [0.1, 0.15) is 18.4 Å². The molecular formula is C13H17NO6S.